The maximum Gasteiger partial charge on any atom is 0.349 e. The van der Waals surface area contributed by atoms with Crippen molar-refractivity contribution in [3.63, 3.8) is 0 Å². The summed E-state index contributed by atoms with van der Waals surface area (Å²) in [7, 11) is 0. The molecular weight excluding hydrogens is 488 g/mol. The molecule has 0 atom stereocenters. The van der Waals surface area contributed by atoms with Gasteiger partial charge in [-0.1, -0.05) is 29.8 Å². The Labute approximate surface area is 196 Å². The van der Waals surface area contributed by atoms with Crippen LogP contribution in [0.4, 0.5) is 5.69 Å². The van der Waals surface area contributed by atoms with E-state index in [-0.39, 0.29) is 12.5 Å². The molecular formula is C24H19BrN4O4. The van der Waals surface area contributed by atoms with Crippen molar-refractivity contribution in [3.05, 3.63) is 103 Å². The number of nitrogens with one attached hydrogen (secondary N) is 2. The van der Waals surface area contributed by atoms with Crippen LogP contribution in [0.25, 0.3) is 10.9 Å². The number of aromatic nitrogens is 2. The Morgan fingerprint density at radius 2 is 1.88 bits per heavy atom. The minimum Gasteiger partial charge on any atom is -0.483 e. The predicted octanol–water partition coefficient (Wildman–Crippen LogP) is 3.66. The lowest BCUT2D eigenvalue weighted by molar-refractivity contribution is -0.118. The molecule has 0 fully saturated rings. The molecule has 1 amide bonds. The number of nitrogens with zero attached hydrogens (tertiary/aromatic N) is 2. The standard InChI is InChI=1S/C24H19BrN4O4/c1-15-6-9-17(10-7-15)27-22(30)14-33-21-11-8-16(12-19(21)25)13-26-29-23(31)18-4-2-3-5-20(18)28-24(29)32/h2-13H,14H2,1H3,(H,27,30)(H,28,32). The number of rotatable bonds is 6. The topological polar surface area (TPSA) is 106 Å². The molecule has 0 aliphatic heterocycles. The first-order valence-corrected chi connectivity index (χ1v) is 10.8. The first kappa shape index (κ1) is 22.2. The van der Waals surface area contributed by atoms with Gasteiger partial charge in [-0.15, -0.1) is 4.68 Å². The highest BCUT2D eigenvalue weighted by Gasteiger charge is 2.08. The van der Waals surface area contributed by atoms with E-state index in [1.807, 2.05) is 31.2 Å². The SMILES string of the molecule is Cc1ccc(NC(=O)COc2ccc(C=Nn3c(=O)[nH]c4ccccc4c3=O)cc2Br)cc1. The second-order valence-electron chi connectivity index (χ2n) is 7.23. The van der Waals surface area contributed by atoms with Gasteiger partial charge in [0, 0.05) is 5.69 Å². The van der Waals surface area contributed by atoms with Gasteiger partial charge in [-0.25, -0.2) is 4.79 Å². The summed E-state index contributed by atoms with van der Waals surface area (Å²) in [6.45, 7) is 1.81. The summed E-state index contributed by atoms with van der Waals surface area (Å²) < 4.78 is 6.95. The van der Waals surface area contributed by atoms with Gasteiger partial charge in [0.25, 0.3) is 11.5 Å². The van der Waals surface area contributed by atoms with E-state index in [4.69, 9.17) is 4.74 Å². The summed E-state index contributed by atoms with van der Waals surface area (Å²) in [6, 6.07) is 19.3. The van der Waals surface area contributed by atoms with Crippen LogP contribution in [0.15, 0.2) is 85.9 Å². The van der Waals surface area contributed by atoms with Crippen molar-refractivity contribution < 1.29 is 9.53 Å². The number of amides is 1. The van der Waals surface area contributed by atoms with E-state index in [9.17, 15) is 14.4 Å². The van der Waals surface area contributed by atoms with Crippen LogP contribution in [-0.2, 0) is 4.79 Å². The highest BCUT2D eigenvalue weighted by atomic mass is 79.9. The number of benzene rings is 3. The van der Waals surface area contributed by atoms with E-state index in [0.29, 0.717) is 32.4 Å². The van der Waals surface area contributed by atoms with Gasteiger partial charge in [-0.05, 0) is 70.9 Å². The van der Waals surface area contributed by atoms with Crippen molar-refractivity contribution in [2.45, 2.75) is 6.92 Å². The number of anilines is 1. The minimum absolute atomic E-state index is 0.165. The van der Waals surface area contributed by atoms with Crippen LogP contribution in [-0.4, -0.2) is 28.4 Å². The van der Waals surface area contributed by atoms with Gasteiger partial charge < -0.3 is 15.0 Å². The fourth-order valence-electron chi connectivity index (χ4n) is 3.07. The second-order valence-corrected chi connectivity index (χ2v) is 8.08. The van der Waals surface area contributed by atoms with Crippen LogP contribution in [0, 0.1) is 6.92 Å². The summed E-state index contributed by atoms with van der Waals surface area (Å²) >= 11 is 3.40. The van der Waals surface area contributed by atoms with E-state index in [0.717, 1.165) is 10.2 Å². The fraction of sp³-hybridized carbons (Fsp3) is 0.0833. The van der Waals surface area contributed by atoms with Crippen molar-refractivity contribution in [1.82, 2.24) is 9.66 Å². The summed E-state index contributed by atoms with van der Waals surface area (Å²) in [5.41, 5.74) is 1.73. The average molecular weight is 507 g/mol. The minimum atomic E-state index is -0.631. The first-order valence-electron chi connectivity index (χ1n) is 9.98. The molecule has 0 radical (unpaired) electrons. The van der Waals surface area contributed by atoms with E-state index in [1.54, 1.807) is 42.5 Å². The number of fused-ring (bicyclic) bond motifs is 1. The third kappa shape index (κ3) is 5.27. The summed E-state index contributed by atoms with van der Waals surface area (Å²) in [5, 5.41) is 7.16. The molecule has 9 heteroatoms. The molecule has 8 nitrogen and oxygen atoms in total. The highest BCUT2D eigenvalue weighted by molar-refractivity contribution is 9.10. The maximum absolute atomic E-state index is 12.6. The molecule has 0 saturated heterocycles. The maximum atomic E-state index is 12.6. The Morgan fingerprint density at radius 3 is 2.64 bits per heavy atom. The second kappa shape index (κ2) is 9.66. The molecule has 4 aromatic rings. The third-order valence-corrected chi connectivity index (χ3v) is 5.38. The van der Waals surface area contributed by atoms with Gasteiger partial charge in [-0.2, -0.15) is 5.10 Å². The molecule has 3 aromatic carbocycles. The number of carbonyl (C=O) groups excluding carboxylic acids is 1. The summed E-state index contributed by atoms with van der Waals surface area (Å²) in [6.07, 6.45) is 1.39. The lowest BCUT2D eigenvalue weighted by Crippen LogP contribution is -2.32. The smallest absolute Gasteiger partial charge is 0.349 e. The molecule has 33 heavy (non-hydrogen) atoms. The van der Waals surface area contributed by atoms with E-state index in [1.165, 1.54) is 6.21 Å². The van der Waals surface area contributed by atoms with Crippen LogP contribution in [0.2, 0.25) is 0 Å². The number of para-hydroxylation sites is 1. The zero-order valence-electron chi connectivity index (χ0n) is 17.5. The van der Waals surface area contributed by atoms with Crippen molar-refractivity contribution >= 4 is 44.6 Å². The molecule has 4 rings (SSSR count). The molecule has 166 valence electrons. The van der Waals surface area contributed by atoms with Crippen molar-refractivity contribution in [3.8, 4) is 5.75 Å². The van der Waals surface area contributed by atoms with Crippen molar-refractivity contribution in [1.29, 1.82) is 0 Å². The molecule has 0 saturated carbocycles. The number of halogens is 1. The Balaban J connectivity index is 1.44. The van der Waals surface area contributed by atoms with E-state index in [2.05, 4.69) is 31.3 Å². The zero-order valence-corrected chi connectivity index (χ0v) is 19.1. The molecule has 0 unspecified atom stereocenters. The third-order valence-electron chi connectivity index (χ3n) is 4.76. The van der Waals surface area contributed by atoms with Crippen LogP contribution < -0.4 is 21.3 Å². The number of ether oxygens (including phenoxy) is 1. The van der Waals surface area contributed by atoms with Crippen molar-refractivity contribution in [2.75, 3.05) is 11.9 Å². The van der Waals surface area contributed by atoms with Crippen molar-refractivity contribution in [2.24, 2.45) is 5.10 Å². The van der Waals surface area contributed by atoms with Gasteiger partial charge in [0.2, 0.25) is 0 Å². The Hall–Kier alpha value is -3.98. The van der Waals surface area contributed by atoms with Crippen LogP contribution in [0.1, 0.15) is 11.1 Å². The fourth-order valence-corrected chi connectivity index (χ4v) is 3.59. The van der Waals surface area contributed by atoms with Crippen LogP contribution in [0.5, 0.6) is 5.75 Å². The molecule has 1 aromatic heterocycles. The van der Waals surface area contributed by atoms with E-state index >= 15 is 0 Å². The lowest BCUT2D eigenvalue weighted by Gasteiger charge is -2.09. The number of hydrogen-bond donors (Lipinski definition) is 2. The Kier molecular flexibility index (Phi) is 6.50. The van der Waals surface area contributed by atoms with Crippen LogP contribution >= 0.6 is 15.9 Å². The highest BCUT2D eigenvalue weighted by Crippen LogP contribution is 2.25. The normalized spacial score (nSPS) is 11.1. The molecule has 0 aliphatic carbocycles. The van der Waals surface area contributed by atoms with Gasteiger partial charge in [-0.3, -0.25) is 9.59 Å². The lowest BCUT2D eigenvalue weighted by atomic mass is 10.2. The molecule has 1 heterocycles. The van der Waals surface area contributed by atoms with Gasteiger partial charge in [0.15, 0.2) is 6.61 Å². The quantitative estimate of drug-likeness (QED) is 0.389. The Morgan fingerprint density at radius 1 is 1.12 bits per heavy atom. The predicted molar refractivity (Wildman–Crippen MR) is 131 cm³/mol. The van der Waals surface area contributed by atoms with Crippen LogP contribution in [0.3, 0.4) is 0 Å². The largest absolute Gasteiger partial charge is 0.483 e. The zero-order chi connectivity index (χ0) is 23.4. The number of H-pyrrole nitrogens is 1. The molecule has 0 aliphatic rings. The molecule has 0 bridgehead atoms. The summed E-state index contributed by atoms with van der Waals surface area (Å²) in [5.74, 6) is 0.179. The van der Waals surface area contributed by atoms with Gasteiger partial charge in [0.1, 0.15) is 5.75 Å². The molecule has 0 spiro atoms. The molecule has 2 N–H and O–H groups in total. The Bertz CT molecular complexity index is 1470. The average Bonchev–Trinajstić information content (AvgIpc) is 2.80. The number of aromatic amines is 1. The summed E-state index contributed by atoms with van der Waals surface area (Å²) in [4.78, 5) is 39.5. The van der Waals surface area contributed by atoms with Gasteiger partial charge >= 0.3 is 5.69 Å². The van der Waals surface area contributed by atoms with Gasteiger partial charge in [0.05, 0.1) is 21.6 Å². The first-order chi connectivity index (χ1) is 15.9. The number of hydrogen-bond acceptors (Lipinski definition) is 5. The number of carbonyl (C=O) groups is 1. The number of aryl methyl sites for hydroxylation is 1. The van der Waals surface area contributed by atoms with E-state index < -0.39 is 11.2 Å². The monoisotopic (exact) mass is 506 g/mol.